The van der Waals surface area contributed by atoms with E-state index in [1.807, 2.05) is 42.5 Å². The first kappa shape index (κ1) is 16.3. The molecular weight excluding hydrogens is 272 g/mol. The molecule has 0 aliphatic rings. The maximum Gasteiger partial charge on any atom is 0.313 e. The number of carbonyl (C=O) groups is 1. The van der Waals surface area contributed by atoms with E-state index in [0.29, 0.717) is 6.42 Å². The predicted molar refractivity (Wildman–Crippen MR) is 90.0 cm³/mol. The molecule has 2 rings (SSSR count). The van der Waals surface area contributed by atoms with Gasteiger partial charge in [-0.05, 0) is 28.5 Å². The summed E-state index contributed by atoms with van der Waals surface area (Å²) in [5.41, 5.74) is 3.51. The van der Waals surface area contributed by atoms with Crippen molar-refractivity contribution in [3.63, 3.8) is 0 Å². The minimum Gasteiger partial charge on any atom is -0.469 e. The van der Waals surface area contributed by atoms with Crippen molar-refractivity contribution < 1.29 is 9.53 Å². The monoisotopic (exact) mass is 296 g/mol. The summed E-state index contributed by atoms with van der Waals surface area (Å²) < 4.78 is 5.00. The molecule has 0 spiro atoms. The molecule has 2 aromatic rings. The minimum absolute atomic E-state index is 0.110. The quantitative estimate of drug-likeness (QED) is 0.777. The highest BCUT2D eigenvalue weighted by molar-refractivity contribution is 5.78. The summed E-state index contributed by atoms with van der Waals surface area (Å²) in [5.74, 6) is -0.450. The van der Waals surface area contributed by atoms with Gasteiger partial charge in [0.25, 0.3) is 0 Å². The number of methoxy groups -OCH3 is 1. The van der Waals surface area contributed by atoms with Gasteiger partial charge in [-0.3, -0.25) is 4.79 Å². The van der Waals surface area contributed by atoms with Gasteiger partial charge in [0, 0.05) is 0 Å². The second-order valence-electron chi connectivity index (χ2n) is 6.64. The number of benzene rings is 2. The molecule has 0 aliphatic heterocycles. The van der Waals surface area contributed by atoms with Gasteiger partial charge < -0.3 is 4.74 Å². The zero-order chi connectivity index (χ0) is 16.2. The van der Waals surface area contributed by atoms with Crippen molar-refractivity contribution >= 4 is 5.97 Å². The number of hydrogen-bond acceptors (Lipinski definition) is 2. The fourth-order valence-corrected chi connectivity index (χ4v) is 2.54. The number of esters is 1. The van der Waals surface area contributed by atoms with Gasteiger partial charge in [-0.15, -0.1) is 0 Å². The molecule has 0 radical (unpaired) electrons. The molecule has 0 heterocycles. The van der Waals surface area contributed by atoms with Crippen molar-refractivity contribution in [2.45, 2.75) is 38.5 Å². The third-order valence-corrected chi connectivity index (χ3v) is 3.95. The first-order chi connectivity index (χ1) is 10.4. The van der Waals surface area contributed by atoms with Gasteiger partial charge in [0.15, 0.2) is 0 Å². The average molecular weight is 296 g/mol. The Bertz CT molecular complexity index is 606. The molecule has 0 amide bonds. The van der Waals surface area contributed by atoms with Crippen LogP contribution in [0.1, 0.15) is 43.4 Å². The van der Waals surface area contributed by atoms with Gasteiger partial charge in [-0.2, -0.15) is 0 Å². The summed E-state index contributed by atoms with van der Waals surface area (Å²) in [6, 6.07) is 18.4. The van der Waals surface area contributed by atoms with Crippen LogP contribution in [0.15, 0.2) is 54.6 Å². The van der Waals surface area contributed by atoms with Crippen molar-refractivity contribution in [2.24, 2.45) is 0 Å². The van der Waals surface area contributed by atoms with E-state index in [-0.39, 0.29) is 17.3 Å². The van der Waals surface area contributed by atoms with Crippen LogP contribution >= 0.6 is 0 Å². The second-order valence-corrected chi connectivity index (χ2v) is 6.64. The summed E-state index contributed by atoms with van der Waals surface area (Å²) >= 11 is 0. The van der Waals surface area contributed by atoms with Gasteiger partial charge in [-0.1, -0.05) is 75.4 Å². The molecule has 2 heteroatoms. The Kier molecular flexibility index (Phi) is 5.02. The van der Waals surface area contributed by atoms with Gasteiger partial charge in [-0.25, -0.2) is 0 Å². The van der Waals surface area contributed by atoms with Crippen molar-refractivity contribution in [3.05, 3.63) is 71.3 Å². The fourth-order valence-electron chi connectivity index (χ4n) is 2.54. The molecule has 2 nitrogen and oxygen atoms in total. The van der Waals surface area contributed by atoms with Crippen LogP contribution in [0.4, 0.5) is 0 Å². The Balaban J connectivity index is 2.28. The number of hydrogen-bond donors (Lipinski definition) is 0. The van der Waals surface area contributed by atoms with E-state index < -0.39 is 0 Å². The maximum absolute atomic E-state index is 12.2. The molecular formula is C20H24O2. The third-order valence-electron chi connectivity index (χ3n) is 3.95. The molecule has 0 aliphatic carbocycles. The van der Waals surface area contributed by atoms with Crippen molar-refractivity contribution in [1.29, 1.82) is 0 Å². The summed E-state index contributed by atoms with van der Waals surface area (Å²) in [7, 11) is 1.45. The molecule has 0 saturated heterocycles. The fraction of sp³-hybridized carbons (Fsp3) is 0.350. The highest BCUT2D eigenvalue weighted by Crippen LogP contribution is 2.27. The van der Waals surface area contributed by atoms with Crippen LogP contribution in [-0.2, 0) is 21.4 Å². The van der Waals surface area contributed by atoms with Crippen LogP contribution in [0.5, 0.6) is 0 Å². The summed E-state index contributed by atoms with van der Waals surface area (Å²) in [6.07, 6.45) is 0.655. The van der Waals surface area contributed by atoms with E-state index >= 15 is 0 Å². The molecule has 0 saturated carbocycles. The smallest absolute Gasteiger partial charge is 0.313 e. The minimum atomic E-state index is -0.263. The molecule has 0 N–H and O–H groups in total. The Morgan fingerprint density at radius 1 is 1.00 bits per heavy atom. The molecule has 0 bridgehead atoms. The first-order valence-electron chi connectivity index (χ1n) is 7.64. The number of ether oxygens (including phenoxy) is 1. The van der Waals surface area contributed by atoms with Crippen LogP contribution in [0, 0.1) is 0 Å². The molecule has 0 aromatic heterocycles. The SMILES string of the molecule is COC(=O)C(Cc1ccccc1)c1ccc(C(C)(C)C)cc1. The standard InChI is InChI=1S/C20H24O2/c1-20(2,3)17-12-10-16(11-13-17)18(19(21)22-4)14-15-8-6-5-7-9-15/h5-13,18H,14H2,1-4H3. The zero-order valence-electron chi connectivity index (χ0n) is 13.8. The normalized spacial score (nSPS) is 12.7. The number of rotatable bonds is 4. The molecule has 0 fully saturated rings. The van der Waals surface area contributed by atoms with Crippen LogP contribution in [-0.4, -0.2) is 13.1 Å². The lowest BCUT2D eigenvalue weighted by Crippen LogP contribution is -2.17. The van der Waals surface area contributed by atoms with Crippen molar-refractivity contribution in [2.75, 3.05) is 7.11 Å². The summed E-state index contributed by atoms with van der Waals surface area (Å²) in [4.78, 5) is 12.2. The lowest BCUT2D eigenvalue weighted by molar-refractivity contribution is -0.142. The summed E-state index contributed by atoms with van der Waals surface area (Å²) in [5, 5.41) is 0. The first-order valence-corrected chi connectivity index (χ1v) is 7.64. The number of carbonyl (C=O) groups excluding carboxylic acids is 1. The highest BCUT2D eigenvalue weighted by Gasteiger charge is 2.22. The Morgan fingerprint density at radius 3 is 2.09 bits per heavy atom. The summed E-state index contributed by atoms with van der Waals surface area (Å²) in [6.45, 7) is 6.55. The van der Waals surface area contributed by atoms with Gasteiger partial charge in [0.2, 0.25) is 0 Å². The Hall–Kier alpha value is -2.09. The molecule has 22 heavy (non-hydrogen) atoms. The van der Waals surface area contributed by atoms with Crippen LogP contribution < -0.4 is 0 Å². The van der Waals surface area contributed by atoms with Gasteiger partial charge in [0.05, 0.1) is 13.0 Å². The Labute approximate surface area is 133 Å². The Morgan fingerprint density at radius 2 is 1.59 bits per heavy atom. The highest BCUT2D eigenvalue weighted by atomic mass is 16.5. The van der Waals surface area contributed by atoms with Crippen LogP contribution in [0.2, 0.25) is 0 Å². The molecule has 116 valence electrons. The van der Waals surface area contributed by atoms with E-state index in [1.54, 1.807) is 0 Å². The van der Waals surface area contributed by atoms with E-state index in [0.717, 1.165) is 11.1 Å². The van der Waals surface area contributed by atoms with Crippen LogP contribution in [0.3, 0.4) is 0 Å². The largest absolute Gasteiger partial charge is 0.469 e. The van der Waals surface area contributed by atoms with E-state index in [1.165, 1.54) is 12.7 Å². The van der Waals surface area contributed by atoms with Crippen molar-refractivity contribution in [1.82, 2.24) is 0 Å². The maximum atomic E-state index is 12.2. The van der Waals surface area contributed by atoms with Gasteiger partial charge in [0.1, 0.15) is 0 Å². The van der Waals surface area contributed by atoms with Gasteiger partial charge >= 0.3 is 5.97 Å². The predicted octanol–water partition coefficient (Wildman–Crippen LogP) is 4.48. The lowest BCUT2D eigenvalue weighted by Gasteiger charge is -2.21. The second kappa shape index (κ2) is 6.78. The van der Waals surface area contributed by atoms with Crippen molar-refractivity contribution in [3.8, 4) is 0 Å². The lowest BCUT2D eigenvalue weighted by atomic mass is 9.84. The van der Waals surface area contributed by atoms with E-state index in [2.05, 4.69) is 32.9 Å². The van der Waals surface area contributed by atoms with Crippen LogP contribution in [0.25, 0.3) is 0 Å². The van der Waals surface area contributed by atoms with E-state index in [4.69, 9.17) is 4.74 Å². The van der Waals surface area contributed by atoms with E-state index in [9.17, 15) is 4.79 Å². The molecule has 2 aromatic carbocycles. The third kappa shape index (κ3) is 3.97. The topological polar surface area (TPSA) is 26.3 Å². The average Bonchev–Trinajstić information content (AvgIpc) is 2.52. The molecule has 1 atom stereocenters. The molecule has 1 unspecified atom stereocenters. The zero-order valence-corrected chi connectivity index (χ0v) is 13.8.